The van der Waals surface area contributed by atoms with Crippen LogP contribution in [-0.4, -0.2) is 42.9 Å². The van der Waals surface area contributed by atoms with Gasteiger partial charge >= 0.3 is 6.18 Å². The maximum absolute atomic E-state index is 13.3. The van der Waals surface area contributed by atoms with E-state index in [0.29, 0.717) is 19.0 Å². The molecule has 1 aromatic carbocycles. The quantitative estimate of drug-likeness (QED) is 0.785. The van der Waals surface area contributed by atoms with Gasteiger partial charge < -0.3 is 24.9 Å². The van der Waals surface area contributed by atoms with Crippen LogP contribution in [0.3, 0.4) is 0 Å². The van der Waals surface area contributed by atoms with E-state index in [4.69, 9.17) is 19.9 Å². The molecule has 1 aromatic heterocycles. The first kappa shape index (κ1) is 20.9. The summed E-state index contributed by atoms with van der Waals surface area (Å²) in [6.45, 7) is 3.01. The monoisotopic (exact) mass is 412 g/mol. The van der Waals surface area contributed by atoms with Gasteiger partial charge in [0, 0.05) is 5.56 Å². The van der Waals surface area contributed by atoms with E-state index < -0.39 is 28.9 Å². The Morgan fingerprint density at radius 2 is 1.97 bits per heavy atom. The fourth-order valence-electron chi connectivity index (χ4n) is 2.94. The van der Waals surface area contributed by atoms with Gasteiger partial charge in [-0.25, -0.2) is 0 Å². The molecule has 1 aliphatic heterocycles. The zero-order chi connectivity index (χ0) is 21.2. The molecule has 2 aromatic rings. The lowest BCUT2D eigenvalue weighted by atomic mass is 10.0. The number of benzene rings is 1. The molecular formula is C19H19F3N2O5. The van der Waals surface area contributed by atoms with Crippen molar-refractivity contribution >= 4 is 5.91 Å². The molecule has 3 N–H and O–H groups in total. The number of ether oxygens (including phenoxy) is 3. The molecule has 1 amide bonds. The predicted octanol–water partition coefficient (Wildman–Crippen LogP) is 2.34. The molecule has 2 heterocycles. The number of carbonyl (C=O) groups excluding carboxylic acids is 1. The first-order chi connectivity index (χ1) is 13.6. The number of nitrogens with one attached hydrogen (secondary N) is 1. The van der Waals surface area contributed by atoms with E-state index in [2.05, 4.69) is 0 Å². The summed E-state index contributed by atoms with van der Waals surface area (Å²) in [4.78, 5) is 24.8. The molecule has 3 rings (SSSR count). The van der Waals surface area contributed by atoms with E-state index in [-0.39, 0.29) is 29.9 Å². The lowest BCUT2D eigenvalue weighted by Gasteiger charge is -2.27. The standard InChI is InChI=1S/C19H19F3N2O5/c1-10-7-27-8-13(29-10)9-28-12-4-2-11(3-5-12)14-6-15(17(23)25)18(26)24-16(14)19(20,21)22/h2-6,10,13H,7-9H2,1H3,(H2,23,25)(H,24,26)/t10-,13?/m1/s1. The zero-order valence-electron chi connectivity index (χ0n) is 15.4. The Morgan fingerprint density at radius 3 is 2.55 bits per heavy atom. The Labute approximate surface area is 163 Å². The van der Waals surface area contributed by atoms with Crippen LogP contribution in [0.2, 0.25) is 0 Å². The first-order valence-corrected chi connectivity index (χ1v) is 8.76. The first-order valence-electron chi connectivity index (χ1n) is 8.76. The van der Waals surface area contributed by atoms with Crippen LogP contribution in [0.15, 0.2) is 35.1 Å². The van der Waals surface area contributed by atoms with Crippen molar-refractivity contribution in [2.45, 2.75) is 25.3 Å². The Kier molecular flexibility index (Phi) is 5.94. The van der Waals surface area contributed by atoms with Crippen LogP contribution in [0.1, 0.15) is 23.0 Å². The van der Waals surface area contributed by atoms with E-state index in [1.165, 1.54) is 24.3 Å². The molecule has 156 valence electrons. The van der Waals surface area contributed by atoms with Gasteiger partial charge in [-0.1, -0.05) is 12.1 Å². The number of nitrogens with two attached hydrogens (primary N) is 1. The van der Waals surface area contributed by atoms with Crippen molar-refractivity contribution in [3.05, 3.63) is 51.9 Å². The highest BCUT2D eigenvalue weighted by Gasteiger charge is 2.36. The Balaban J connectivity index is 1.84. The number of alkyl halides is 3. The van der Waals surface area contributed by atoms with Crippen molar-refractivity contribution in [3.8, 4) is 16.9 Å². The predicted molar refractivity (Wildman–Crippen MR) is 96.7 cm³/mol. The topological polar surface area (TPSA) is 104 Å². The summed E-state index contributed by atoms with van der Waals surface area (Å²) in [5, 5.41) is 0. The molecule has 10 heteroatoms. The van der Waals surface area contributed by atoms with Crippen molar-refractivity contribution in [1.29, 1.82) is 0 Å². The number of H-pyrrole nitrogens is 1. The summed E-state index contributed by atoms with van der Waals surface area (Å²) in [5.41, 5.74) is 1.83. The summed E-state index contributed by atoms with van der Waals surface area (Å²) >= 11 is 0. The number of pyridine rings is 1. The van der Waals surface area contributed by atoms with E-state index in [1.807, 2.05) is 6.92 Å². The van der Waals surface area contributed by atoms with Gasteiger partial charge in [-0.2, -0.15) is 13.2 Å². The number of halogens is 3. The third-order valence-electron chi connectivity index (χ3n) is 4.27. The lowest BCUT2D eigenvalue weighted by molar-refractivity contribution is -0.140. The van der Waals surface area contributed by atoms with Gasteiger partial charge in [0.1, 0.15) is 29.7 Å². The largest absolute Gasteiger partial charge is 0.491 e. The summed E-state index contributed by atoms with van der Waals surface area (Å²) in [5.74, 6) is -0.700. The molecule has 0 radical (unpaired) electrons. The highest BCUT2D eigenvalue weighted by Crippen LogP contribution is 2.35. The molecule has 0 spiro atoms. The highest BCUT2D eigenvalue weighted by atomic mass is 19.4. The van der Waals surface area contributed by atoms with Crippen LogP contribution in [0.4, 0.5) is 13.2 Å². The van der Waals surface area contributed by atoms with Crippen molar-refractivity contribution in [2.75, 3.05) is 19.8 Å². The van der Waals surface area contributed by atoms with Gasteiger partial charge in [0.15, 0.2) is 0 Å². The molecule has 1 saturated heterocycles. The van der Waals surface area contributed by atoms with Crippen molar-refractivity contribution in [3.63, 3.8) is 0 Å². The molecule has 0 bridgehead atoms. The highest BCUT2D eigenvalue weighted by molar-refractivity contribution is 5.93. The van der Waals surface area contributed by atoms with E-state index in [9.17, 15) is 22.8 Å². The second kappa shape index (κ2) is 8.26. The number of rotatable bonds is 5. The van der Waals surface area contributed by atoms with Crippen LogP contribution in [0.25, 0.3) is 11.1 Å². The fraction of sp³-hybridized carbons (Fsp3) is 0.368. The van der Waals surface area contributed by atoms with Gasteiger partial charge in [0.05, 0.1) is 19.3 Å². The molecule has 2 atom stereocenters. The summed E-state index contributed by atoms with van der Waals surface area (Å²) < 4.78 is 56.7. The van der Waals surface area contributed by atoms with E-state index >= 15 is 0 Å². The fourth-order valence-corrected chi connectivity index (χ4v) is 2.94. The van der Waals surface area contributed by atoms with Crippen molar-refractivity contribution in [1.82, 2.24) is 4.98 Å². The van der Waals surface area contributed by atoms with E-state index in [1.54, 1.807) is 4.98 Å². The van der Waals surface area contributed by atoms with Crippen LogP contribution in [-0.2, 0) is 15.7 Å². The average Bonchev–Trinajstić information content (AvgIpc) is 2.66. The molecule has 29 heavy (non-hydrogen) atoms. The Bertz CT molecular complexity index is 940. The number of aromatic amines is 1. The number of hydrogen-bond donors (Lipinski definition) is 2. The number of hydrogen-bond acceptors (Lipinski definition) is 5. The smallest absolute Gasteiger partial charge is 0.431 e. The number of carbonyl (C=O) groups is 1. The van der Waals surface area contributed by atoms with Crippen LogP contribution in [0.5, 0.6) is 5.75 Å². The zero-order valence-corrected chi connectivity index (χ0v) is 15.4. The number of primary amides is 1. The van der Waals surface area contributed by atoms with Crippen molar-refractivity contribution < 1.29 is 32.2 Å². The minimum absolute atomic E-state index is 0.0415. The molecule has 1 unspecified atom stereocenters. The summed E-state index contributed by atoms with van der Waals surface area (Å²) in [6.07, 6.45) is -5.11. The maximum Gasteiger partial charge on any atom is 0.431 e. The summed E-state index contributed by atoms with van der Waals surface area (Å²) in [7, 11) is 0. The molecule has 1 aliphatic rings. The third-order valence-corrected chi connectivity index (χ3v) is 4.27. The number of aromatic nitrogens is 1. The van der Waals surface area contributed by atoms with Gasteiger partial charge in [-0.15, -0.1) is 0 Å². The lowest BCUT2D eigenvalue weighted by Crippen LogP contribution is -2.38. The molecule has 0 saturated carbocycles. The van der Waals surface area contributed by atoms with Crippen LogP contribution < -0.4 is 16.0 Å². The van der Waals surface area contributed by atoms with Gasteiger partial charge in [-0.3, -0.25) is 9.59 Å². The van der Waals surface area contributed by atoms with Gasteiger partial charge in [0.2, 0.25) is 0 Å². The molecule has 0 aliphatic carbocycles. The Morgan fingerprint density at radius 1 is 1.28 bits per heavy atom. The maximum atomic E-state index is 13.3. The normalized spacial score (nSPS) is 19.7. The minimum atomic E-state index is -4.82. The van der Waals surface area contributed by atoms with E-state index in [0.717, 1.165) is 6.07 Å². The molecule has 1 fully saturated rings. The summed E-state index contributed by atoms with van der Waals surface area (Å²) in [6, 6.07) is 6.59. The van der Waals surface area contributed by atoms with Crippen LogP contribution >= 0.6 is 0 Å². The van der Waals surface area contributed by atoms with Crippen LogP contribution in [0, 0.1) is 0 Å². The second-order valence-electron chi connectivity index (χ2n) is 6.60. The molecular weight excluding hydrogens is 393 g/mol. The molecule has 7 nitrogen and oxygen atoms in total. The third kappa shape index (κ3) is 4.96. The SMILES string of the molecule is C[C@@H]1COCC(COc2ccc(-c3cc(C(N)=O)c(=O)[nH]c3C(F)(F)F)cc2)O1. The average molecular weight is 412 g/mol. The Hall–Kier alpha value is -2.85. The van der Waals surface area contributed by atoms with Gasteiger partial charge in [-0.05, 0) is 30.7 Å². The second-order valence-corrected chi connectivity index (χ2v) is 6.60. The minimum Gasteiger partial charge on any atom is -0.491 e. The van der Waals surface area contributed by atoms with Crippen molar-refractivity contribution in [2.24, 2.45) is 5.73 Å². The number of amides is 1. The van der Waals surface area contributed by atoms with Gasteiger partial charge in [0.25, 0.3) is 11.5 Å².